The summed E-state index contributed by atoms with van der Waals surface area (Å²) in [5.41, 5.74) is 1.46. The molecule has 35 heavy (non-hydrogen) atoms. The molecule has 4 rings (SSSR count). The number of aromatic nitrogens is 4. The SMILES string of the molecule is CO[C@@H](CO)[C@@H](Cc1ncccn1)NC(=O)c1cccc(F)c1-c1cc(-c2ccc(F)cc2)n[nH]1. The predicted molar refractivity (Wildman–Crippen MR) is 124 cm³/mol. The summed E-state index contributed by atoms with van der Waals surface area (Å²) in [7, 11) is 1.42. The van der Waals surface area contributed by atoms with Crippen LogP contribution in [-0.4, -0.2) is 57.0 Å². The number of rotatable bonds is 9. The highest BCUT2D eigenvalue weighted by molar-refractivity contribution is 6.01. The summed E-state index contributed by atoms with van der Waals surface area (Å²) in [5, 5.41) is 19.5. The molecule has 2 heterocycles. The lowest BCUT2D eigenvalue weighted by Gasteiger charge is -2.25. The van der Waals surface area contributed by atoms with E-state index >= 15 is 0 Å². The van der Waals surface area contributed by atoms with Gasteiger partial charge in [-0.3, -0.25) is 9.89 Å². The Kier molecular flexibility index (Phi) is 7.54. The zero-order chi connectivity index (χ0) is 24.8. The Hall–Kier alpha value is -4.02. The van der Waals surface area contributed by atoms with Crippen molar-refractivity contribution in [3.05, 3.63) is 90.0 Å². The van der Waals surface area contributed by atoms with Crippen molar-refractivity contribution in [1.82, 2.24) is 25.5 Å². The first kappa shape index (κ1) is 24.1. The molecular formula is C25H23F2N5O3. The van der Waals surface area contributed by atoms with E-state index in [9.17, 15) is 18.7 Å². The number of carbonyl (C=O) groups excluding carboxylic acids is 1. The Balaban J connectivity index is 1.64. The minimum atomic E-state index is -0.739. The number of methoxy groups -OCH3 is 1. The molecule has 0 unspecified atom stereocenters. The van der Waals surface area contributed by atoms with Gasteiger partial charge in [0, 0.05) is 37.1 Å². The van der Waals surface area contributed by atoms with E-state index in [-0.39, 0.29) is 35.7 Å². The van der Waals surface area contributed by atoms with Crippen molar-refractivity contribution in [3.8, 4) is 22.5 Å². The second kappa shape index (κ2) is 10.9. The Morgan fingerprint density at radius 2 is 1.86 bits per heavy atom. The number of hydrogen-bond acceptors (Lipinski definition) is 6. The number of nitrogens with zero attached hydrogens (tertiary/aromatic N) is 3. The Morgan fingerprint density at radius 1 is 1.11 bits per heavy atom. The smallest absolute Gasteiger partial charge is 0.252 e. The summed E-state index contributed by atoms with van der Waals surface area (Å²) >= 11 is 0. The van der Waals surface area contributed by atoms with Gasteiger partial charge in [-0.1, -0.05) is 6.07 Å². The highest BCUT2D eigenvalue weighted by atomic mass is 19.1. The molecule has 0 aliphatic carbocycles. The fourth-order valence-corrected chi connectivity index (χ4v) is 3.73. The number of amides is 1. The van der Waals surface area contributed by atoms with Crippen LogP contribution in [0.25, 0.3) is 22.5 Å². The largest absolute Gasteiger partial charge is 0.394 e. The molecule has 0 saturated heterocycles. The summed E-state index contributed by atoms with van der Waals surface area (Å²) in [6.45, 7) is -0.355. The molecule has 2 aromatic heterocycles. The monoisotopic (exact) mass is 479 g/mol. The quantitative estimate of drug-likeness (QED) is 0.340. The summed E-state index contributed by atoms with van der Waals surface area (Å²) in [4.78, 5) is 21.6. The zero-order valence-electron chi connectivity index (χ0n) is 18.8. The van der Waals surface area contributed by atoms with Crippen molar-refractivity contribution in [2.24, 2.45) is 0 Å². The van der Waals surface area contributed by atoms with Gasteiger partial charge in [0.15, 0.2) is 0 Å². The predicted octanol–water partition coefficient (Wildman–Crippen LogP) is 3.16. The van der Waals surface area contributed by atoms with Crippen LogP contribution in [-0.2, 0) is 11.2 Å². The summed E-state index contributed by atoms with van der Waals surface area (Å²) < 4.78 is 33.6. The lowest BCUT2D eigenvalue weighted by molar-refractivity contribution is 0.0211. The van der Waals surface area contributed by atoms with Crippen LogP contribution in [0.2, 0.25) is 0 Å². The van der Waals surface area contributed by atoms with Crippen LogP contribution in [0.1, 0.15) is 16.2 Å². The minimum absolute atomic E-state index is 0.0264. The fraction of sp³-hybridized carbons (Fsp3) is 0.200. The van der Waals surface area contributed by atoms with Crippen molar-refractivity contribution in [2.45, 2.75) is 18.6 Å². The number of ether oxygens (including phenoxy) is 1. The van der Waals surface area contributed by atoms with E-state index in [0.717, 1.165) is 0 Å². The first-order valence-corrected chi connectivity index (χ1v) is 10.8. The summed E-state index contributed by atoms with van der Waals surface area (Å²) in [5.74, 6) is -1.13. The van der Waals surface area contributed by atoms with Crippen molar-refractivity contribution < 1.29 is 23.4 Å². The molecule has 10 heteroatoms. The molecule has 0 aliphatic rings. The molecule has 8 nitrogen and oxygen atoms in total. The van der Waals surface area contributed by atoms with E-state index in [1.54, 1.807) is 36.7 Å². The number of aliphatic hydroxyl groups is 1. The van der Waals surface area contributed by atoms with E-state index in [0.29, 0.717) is 17.1 Å². The molecule has 0 fully saturated rings. The number of hydrogen-bond donors (Lipinski definition) is 3. The van der Waals surface area contributed by atoms with Gasteiger partial charge in [0.2, 0.25) is 0 Å². The van der Waals surface area contributed by atoms with Gasteiger partial charge in [0.05, 0.1) is 29.6 Å². The molecule has 0 saturated carbocycles. The van der Waals surface area contributed by atoms with Gasteiger partial charge in [-0.25, -0.2) is 18.7 Å². The van der Waals surface area contributed by atoms with E-state index < -0.39 is 23.9 Å². The van der Waals surface area contributed by atoms with Gasteiger partial charge in [0.25, 0.3) is 5.91 Å². The number of aliphatic hydroxyl groups excluding tert-OH is 1. The van der Waals surface area contributed by atoms with Crippen LogP contribution in [0.4, 0.5) is 8.78 Å². The van der Waals surface area contributed by atoms with Gasteiger partial charge < -0.3 is 15.2 Å². The molecule has 4 aromatic rings. The van der Waals surface area contributed by atoms with Gasteiger partial charge in [-0.15, -0.1) is 0 Å². The number of aromatic amines is 1. The Labute approximate surface area is 200 Å². The highest BCUT2D eigenvalue weighted by Gasteiger charge is 2.27. The van der Waals surface area contributed by atoms with E-state index in [1.807, 2.05) is 0 Å². The standard InChI is InChI=1S/C25H23F2N5O3/c1-35-22(14-33)20(13-23-28-10-3-11-29-23)30-25(34)17-4-2-5-18(27)24(17)21-12-19(31-32-21)15-6-8-16(26)9-7-15/h2-12,20,22,33H,13-14H2,1H3,(H,30,34)(H,31,32)/t20-,22+/m1/s1. The van der Waals surface area contributed by atoms with Crippen molar-refractivity contribution in [2.75, 3.05) is 13.7 Å². The molecule has 180 valence electrons. The second-order valence-corrected chi connectivity index (χ2v) is 7.74. The highest BCUT2D eigenvalue weighted by Crippen LogP contribution is 2.29. The third-order valence-corrected chi connectivity index (χ3v) is 5.52. The molecule has 1 amide bonds. The van der Waals surface area contributed by atoms with Gasteiger partial charge in [0.1, 0.15) is 23.6 Å². The number of halogens is 2. The van der Waals surface area contributed by atoms with Crippen LogP contribution >= 0.6 is 0 Å². The first-order chi connectivity index (χ1) is 17.0. The molecule has 0 radical (unpaired) electrons. The molecular weight excluding hydrogens is 456 g/mol. The Bertz CT molecular complexity index is 1280. The maximum atomic E-state index is 15.0. The third-order valence-electron chi connectivity index (χ3n) is 5.52. The van der Waals surface area contributed by atoms with Crippen LogP contribution in [0.3, 0.4) is 0 Å². The summed E-state index contributed by atoms with van der Waals surface area (Å²) in [6, 6.07) is 12.4. The average Bonchev–Trinajstić information content (AvgIpc) is 3.35. The van der Waals surface area contributed by atoms with Crippen molar-refractivity contribution in [3.63, 3.8) is 0 Å². The lowest BCUT2D eigenvalue weighted by atomic mass is 10.0. The van der Waals surface area contributed by atoms with Crippen LogP contribution in [0, 0.1) is 11.6 Å². The van der Waals surface area contributed by atoms with Crippen LogP contribution in [0.5, 0.6) is 0 Å². The van der Waals surface area contributed by atoms with Crippen LogP contribution in [0.15, 0.2) is 67.0 Å². The number of H-pyrrole nitrogens is 1. The van der Waals surface area contributed by atoms with E-state index in [1.165, 1.54) is 37.4 Å². The molecule has 2 aromatic carbocycles. The van der Waals surface area contributed by atoms with Gasteiger partial charge >= 0.3 is 0 Å². The van der Waals surface area contributed by atoms with Crippen LogP contribution < -0.4 is 5.32 Å². The molecule has 0 aliphatic heterocycles. The van der Waals surface area contributed by atoms with E-state index in [2.05, 4.69) is 25.5 Å². The van der Waals surface area contributed by atoms with Gasteiger partial charge in [-0.05, 0) is 48.5 Å². The molecule has 0 spiro atoms. The molecule has 2 atom stereocenters. The number of carbonyl (C=O) groups is 1. The lowest BCUT2D eigenvalue weighted by Crippen LogP contribution is -2.47. The first-order valence-electron chi connectivity index (χ1n) is 10.8. The minimum Gasteiger partial charge on any atom is -0.394 e. The molecule has 3 N–H and O–H groups in total. The normalized spacial score (nSPS) is 12.8. The average molecular weight is 479 g/mol. The maximum Gasteiger partial charge on any atom is 0.252 e. The topological polar surface area (TPSA) is 113 Å². The zero-order valence-corrected chi connectivity index (χ0v) is 18.8. The Morgan fingerprint density at radius 3 is 2.54 bits per heavy atom. The fourth-order valence-electron chi connectivity index (χ4n) is 3.73. The number of benzene rings is 2. The van der Waals surface area contributed by atoms with Crippen molar-refractivity contribution in [1.29, 1.82) is 0 Å². The molecule has 0 bridgehead atoms. The second-order valence-electron chi connectivity index (χ2n) is 7.74. The van der Waals surface area contributed by atoms with E-state index in [4.69, 9.17) is 4.74 Å². The number of nitrogens with one attached hydrogen (secondary N) is 2. The maximum absolute atomic E-state index is 15.0. The van der Waals surface area contributed by atoms with Crippen molar-refractivity contribution >= 4 is 5.91 Å². The summed E-state index contributed by atoms with van der Waals surface area (Å²) in [6.07, 6.45) is 2.60. The third kappa shape index (κ3) is 5.56. The van der Waals surface area contributed by atoms with Gasteiger partial charge in [-0.2, -0.15) is 5.10 Å².